The molecule has 0 bridgehead atoms. The minimum Gasteiger partial charge on any atom is -0.388 e. The number of imidazole rings is 1. The van der Waals surface area contributed by atoms with Crippen LogP contribution in [-0.4, -0.2) is 44.3 Å². The molecule has 0 amide bonds. The number of aliphatic hydroxyl groups is 1. The highest BCUT2D eigenvalue weighted by atomic mass is 35.5. The third-order valence-electron chi connectivity index (χ3n) is 6.36. The Balaban J connectivity index is 1.51. The van der Waals surface area contributed by atoms with Crippen LogP contribution in [0.4, 0.5) is 17.5 Å². The lowest BCUT2D eigenvalue weighted by Crippen LogP contribution is -2.31. The zero-order valence-electron chi connectivity index (χ0n) is 18.4. The van der Waals surface area contributed by atoms with E-state index in [9.17, 15) is 15.6 Å². The summed E-state index contributed by atoms with van der Waals surface area (Å²) in [6, 6.07) is 7.46. The molecule has 1 unspecified atom stereocenters. The Hall–Kier alpha value is -3.44. The normalized spacial score (nSPS) is 17.2. The second kappa shape index (κ2) is 9.43. The van der Waals surface area contributed by atoms with E-state index in [-0.39, 0.29) is 17.6 Å². The van der Waals surface area contributed by atoms with Gasteiger partial charge in [-0.15, -0.1) is 5.10 Å². The molecule has 2 aliphatic rings. The van der Waals surface area contributed by atoms with E-state index in [1.165, 1.54) is 23.6 Å². The van der Waals surface area contributed by atoms with E-state index in [4.69, 9.17) is 11.6 Å². The average molecular weight is 478 g/mol. The highest BCUT2D eigenvalue weighted by molar-refractivity contribution is 6.34. The number of piperidine rings is 1. The molecule has 2 fully saturated rings. The van der Waals surface area contributed by atoms with E-state index in [1.54, 1.807) is 12.1 Å². The minimum absolute atomic E-state index is 0.0514. The van der Waals surface area contributed by atoms with Gasteiger partial charge in [0.25, 0.3) is 0 Å². The standard InChI is InChI=1S/C23H24ClN9O/c24-19-17(20(34)15-3-5-27-6-4-15)7-14(9-25)8-18(19)30-23-31-21(28-11-13-1-2-13)22-29-12-16(10-26)33(22)32-23/h7-8,12-13,15,20,27,34H,1-6,11H2,(H2,28,30,31,32). The third-order valence-corrected chi connectivity index (χ3v) is 6.78. The fourth-order valence-corrected chi connectivity index (χ4v) is 4.51. The largest absolute Gasteiger partial charge is 0.388 e. The topological polar surface area (TPSA) is 147 Å². The summed E-state index contributed by atoms with van der Waals surface area (Å²) in [6.45, 7) is 2.43. The number of aromatic nitrogens is 4. The van der Waals surface area contributed by atoms with Crippen molar-refractivity contribution in [2.24, 2.45) is 11.8 Å². The molecule has 3 heterocycles. The molecule has 11 heteroatoms. The van der Waals surface area contributed by atoms with Crippen molar-refractivity contribution >= 4 is 34.7 Å². The summed E-state index contributed by atoms with van der Waals surface area (Å²) in [4.78, 5) is 8.85. The van der Waals surface area contributed by atoms with Crippen molar-refractivity contribution in [3.63, 3.8) is 0 Å². The van der Waals surface area contributed by atoms with E-state index in [2.05, 4.69) is 43.2 Å². The van der Waals surface area contributed by atoms with Gasteiger partial charge in [0.05, 0.1) is 34.6 Å². The second-order valence-electron chi connectivity index (χ2n) is 8.80. The van der Waals surface area contributed by atoms with Crippen molar-refractivity contribution in [3.05, 3.63) is 40.2 Å². The number of nitrogens with zero attached hydrogens (tertiary/aromatic N) is 6. The van der Waals surface area contributed by atoms with Crippen LogP contribution in [0, 0.1) is 34.5 Å². The van der Waals surface area contributed by atoms with Gasteiger partial charge in [-0.25, -0.2) is 4.98 Å². The fraction of sp³-hybridized carbons (Fsp3) is 0.435. The molecule has 1 saturated heterocycles. The second-order valence-corrected chi connectivity index (χ2v) is 9.17. The zero-order chi connectivity index (χ0) is 23.7. The van der Waals surface area contributed by atoms with E-state index in [0.717, 1.165) is 32.5 Å². The number of rotatable bonds is 7. The maximum absolute atomic E-state index is 11.1. The van der Waals surface area contributed by atoms with Crippen LogP contribution in [0.3, 0.4) is 0 Å². The molecule has 1 aliphatic carbocycles. The maximum atomic E-state index is 11.1. The lowest BCUT2D eigenvalue weighted by molar-refractivity contribution is 0.0890. The van der Waals surface area contributed by atoms with Gasteiger partial charge in [0.2, 0.25) is 5.95 Å². The van der Waals surface area contributed by atoms with Crippen molar-refractivity contribution in [3.8, 4) is 12.1 Å². The van der Waals surface area contributed by atoms with Crippen LogP contribution >= 0.6 is 11.6 Å². The summed E-state index contributed by atoms with van der Waals surface area (Å²) in [5, 5.41) is 44.5. The summed E-state index contributed by atoms with van der Waals surface area (Å²) >= 11 is 6.72. The predicted octanol–water partition coefficient (Wildman–Crippen LogP) is 3.12. The molecule has 5 rings (SSSR count). The molecule has 2 aromatic heterocycles. The fourth-order valence-electron chi connectivity index (χ4n) is 4.24. The van der Waals surface area contributed by atoms with E-state index >= 15 is 0 Å². The Bertz CT molecular complexity index is 1300. The number of nitrogens with one attached hydrogen (secondary N) is 3. The van der Waals surface area contributed by atoms with Gasteiger partial charge in [0.1, 0.15) is 6.07 Å². The first kappa shape index (κ1) is 22.4. The quantitative estimate of drug-likeness (QED) is 0.402. The van der Waals surface area contributed by atoms with Crippen LogP contribution in [0.1, 0.15) is 48.6 Å². The van der Waals surface area contributed by atoms with Gasteiger partial charge >= 0.3 is 0 Å². The summed E-state index contributed by atoms with van der Waals surface area (Å²) < 4.78 is 1.43. The molecule has 4 N–H and O–H groups in total. The summed E-state index contributed by atoms with van der Waals surface area (Å²) in [5.74, 6) is 1.36. The SMILES string of the molecule is N#Cc1cc(Nc2nc(NCC3CC3)c3ncc(C#N)n3n2)c(Cl)c(C(O)C2CCNCC2)c1. The average Bonchev–Trinajstić information content (AvgIpc) is 3.61. The third kappa shape index (κ3) is 4.48. The lowest BCUT2D eigenvalue weighted by atomic mass is 9.87. The Morgan fingerprint density at radius 2 is 2.00 bits per heavy atom. The number of benzene rings is 1. The van der Waals surface area contributed by atoms with Crippen LogP contribution in [-0.2, 0) is 0 Å². The monoisotopic (exact) mass is 477 g/mol. The molecule has 1 atom stereocenters. The van der Waals surface area contributed by atoms with Gasteiger partial charge < -0.3 is 21.1 Å². The highest BCUT2D eigenvalue weighted by Gasteiger charge is 2.27. The smallest absolute Gasteiger partial charge is 0.247 e. The first-order valence-corrected chi connectivity index (χ1v) is 11.7. The maximum Gasteiger partial charge on any atom is 0.247 e. The molecule has 0 radical (unpaired) electrons. The molecule has 174 valence electrons. The van der Waals surface area contributed by atoms with E-state index < -0.39 is 6.10 Å². The first-order chi connectivity index (χ1) is 16.6. The molecular formula is C23H24ClN9O. The van der Waals surface area contributed by atoms with Gasteiger partial charge in [-0.2, -0.15) is 20.0 Å². The van der Waals surface area contributed by atoms with Crippen molar-refractivity contribution in [1.82, 2.24) is 24.9 Å². The van der Waals surface area contributed by atoms with Crippen LogP contribution < -0.4 is 16.0 Å². The molecular weight excluding hydrogens is 454 g/mol. The number of hydrogen-bond acceptors (Lipinski definition) is 9. The van der Waals surface area contributed by atoms with Crippen LogP contribution in [0.15, 0.2) is 18.3 Å². The Morgan fingerprint density at radius 1 is 1.21 bits per heavy atom. The number of halogens is 1. The highest BCUT2D eigenvalue weighted by Crippen LogP contribution is 2.38. The molecule has 1 aliphatic heterocycles. The zero-order valence-corrected chi connectivity index (χ0v) is 19.2. The summed E-state index contributed by atoms with van der Waals surface area (Å²) in [6.07, 6.45) is 4.66. The van der Waals surface area contributed by atoms with Gasteiger partial charge in [-0.1, -0.05) is 11.6 Å². The van der Waals surface area contributed by atoms with E-state index in [1.807, 2.05) is 0 Å². The number of anilines is 3. The minimum atomic E-state index is -0.790. The van der Waals surface area contributed by atoms with Crippen LogP contribution in [0.2, 0.25) is 5.02 Å². The number of nitriles is 2. The number of aliphatic hydroxyl groups excluding tert-OH is 1. The van der Waals surface area contributed by atoms with Crippen molar-refractivity contribution in [2.75, 3.05) is 30.3 Å². The predicted molar refractivity (Wildman–Crippen MR) is 127 cm³/mol. The lowest BCUT2D eigenvalue weighted by Gasteiger charge is -2.28. The van der Waals surface area contributed by atoms with Crippen molar-refractivity contribution in [2.45, 2.75) is 31.8 Å². The van der Waals surface area contributed by atoms with Gasteiger partial charge in [0, 0.05) is 12.1 Å². The Labute approximate surface area is 201 Å². The van der Waals surface area contributed by atoms with Gasteiger partial charge in [0.15, 0.2) is 17.2 Å². The van der Waals surface area contributed by atoms with E-state index in [0.29, 0.717) is 39.2 Å². The van der Waals surface area contributed by atoms with Crippen molar-refractivity contribution in [1.29, 1.82) is 10.5 Å². The Morgan fingerprint density at radius 3 is 2.71 bits per heavy atom. The molecule has 1 aromatic carbocycles. The molecule has 0 spiro atoms. The summed E-state index contributed by atoms with van der Waals surface area (Å²) in [5.41, 5.74) is 2.01. The summed E-state index contributed by atoms with van der Waals surface area (Å²) in [7, 11) is 0. The molecule has 1 saturated carbocycles. The number of fused-ring (bicyclic) bond motifs is 1. The van der Waals surface area contributed by atoms with Gasteiger partial charge in [-0.05, 0) is 62.7 Å². The molecule has 34 heavy (non-hydrogen) atoms. The first-order valence-electron chi connectivity index (χ1n) is 11.4. The van der Waals surface area contributed by atoms with Crippen molar-refractivity contribution < 1.29 is 5.11 Å². The van der Waals surface area contributed by atoms with Crippen LogP contribution in [0.5, 0.6) is 0 Å². The molecule has 10 nitrogen and oxygen atoms in total. The van der Waals surface area contributed by atoms with Gasteiger partial charge in [-0.3, -0.25) is 0 Å². The Kier molecular flexibility index (Phi) is 6.20. The number of hydrogen-bond donors (Lipinski definition) is 4. The molecule has 3 aromatic rings. The van der Waals surface area contributed by atoms with Crippen LogP contribution in [0.25, 0.3) is 5.65 Å².